The molecule has 14 nitrogen and oxygen atoms in total. The summed E-state index contributed by atoms with van der Waals surface area (Å²) >= 11 is 0. The van der Waals surface area contributed by atoms with Crippen LogP contribution in [0.3, 0.4) is 0 Å². The molecule has 0 aliphatic carbocycles. The zero-order chi connectivity index (χ0) is 49.9. The Kier molecular flexibility index (Phi) is 12.7. The predicted molar refractivity (Wildman–Crippen MR) is 261 cm³/mol. The zero-order valence-electron chi connectivity index (χ0n) is 39.0. The third kappa shape index (κ3) is 8.95. The first kappa shape index (κ1) is 46.2. The number of carbonyl (C=O) groups is 4. The number of hydrogen-bond donors (Lipinski definition) is 0. The van der Waals surface area contributed by atoms with Crippen molar-refractivity contribution in [3.05, 3.63) is 214 Å². The summed E-state index contributed by atoms with van der Waals surface area (Å²) < 4.78 is 58.7. The molecule has 0 N–H and O–H groups in total. The van der Waals surface area contributed by atoms with Gasteiger partial charge in [0.15, 0.2) is 0 Å². The summed E-state index contributed by atoms with van der Waals surface area (Å²) in [5, 5.41) is 0. The molecule has 10 rings (SSSR count). The maximum absolute atomic E-state index is 13.6. The second-order valence-corrected chi connectivity index (χ2v) is 16.3. The molecule has 8 aromatic rings. The molecule has 14 heteroatoms. The number of rotatable bonds is 13. The quantitative estimate of drug-likeness (QED) is 0.0793. The first-order valence-electron chi connectivity index (χ1n) is 22.5. The minimum Gasteiger partial charge on any atom is -0.496 e. The Labute approximate surface area is 412 Å². The molecule has 0 saturated carbocycles. The van der Waals surface area contributed by atoms with E-state index in [0.717, 1.165) is 0 Å². The van der Waals surface area contributed by atoms with Gasteiger partial charge in [0.05, 0.1) is 28.4 Å². The molecule has 2 heterocycles. The number of carbonyl (C=O) groups excluding carboxylic acids is 4. The lowest BCUT2D eigenvalue weighted by molar-refractivity contribution is 0.0720. The lowest BCUT2D eigenvalue weighted by Gasteiger charge is -2.38. The van der Waals surface area contributed by atoms with Crippen molar-refractivity contribution in [3.8, 4) is 69.0 Å². The van der Waals surface area contributed by atoms with Crippen LogP contribution < -0.4 is 47.4 Å². The highest BCUT2D eigenvalue weighted by Gasteiger charge is 2.41. The van der Waals surface area contributed by atoms with Gasteiger partial charge in [0.25, 0.3) is 0 Å². The highest BCUT2D eigenvalue weighted by Crippen LogP contribution is 2.59. The number of benzene rings is 8. The Balaban J connectivity index is 1.09. The lowest BCUT2D eigenvalue weighted by Crippen LogP contribution is -2.22. The van der Waals surface area contributed by atoms with Crippen LogP contribution in [0.25, 0.3) is 0 Å². The van der Waals surface area contributed by atoms with E-state index < -0.39 is 35.7 Å². The molecule has 0 radical (unpaired) electrons. The molecule has 0 fully saturated rings. The van der Waals surface area contributed by atoms with Crippen molar-refractivity contribution in [1.82, 2.24) is 0 Å². The van der Waals surface area contributed by atoms with Crippen molar-refractivity contribution in [1.29, 1.82) is 0 Å². The van der Waals surface area contributed by atoms with E-state index in [0.29, 0.717) is 68.2 Å². The van der Waals surface area contributed by atoms with Gasteiger partial charge in [0.2, 0.25) is 0 Å². The van der Waals surface area contributed by atoms with Crippen LogP contribution in [0.2, 0.25) is 0 Å². The van der Waals surface area contributed by atoms with Gasteiger partial charge in [-0.05, 0) is 72.8 Å². The summed E-state index contributed by atoms with van der Waals surface area (Å²) in [6.45, 7) is 0. The lowest BCUT2D eigenvalue weighted by atomic mass is 9.71. The minimum atomic E-state index is -0.651. The van der Waals surface area contributed by atoms with Gasteiger partial charge in [-0.15, -0.1) is 0 Å². The number of ether oxygens (including phenoxy) is 10. The first-order valence-corrected chi connectivity index (χ1v) is 22.5. The van der Waals surface area contributed by atoms with Crippen LogP contribution in [0, 0.1) is 0 Å². The average Bonchev–Trinajstić information content (AvgIpc) is 3.41. The number of hydrogen-bond acceptors (Lipinski definition) is 14. The molecule has 72 heavy (non-hydrogen) atoms. The fraction of sp³-hybridized carbons (Fsp3) is 0.103. The molecule has 0 atom stereocenters. The van der Waals surface area contributed by atoms with Crippen molar-refractivity contribution in [2.24, 2.45) is 0 Å². The predicted octanol–water partition coefficient (Wildman–Crippen LogP) is 11.8. The van der Waals surface area contributed by atoms with Crippen LogP contribution in [0.15, 0.2) is 170 Å². The Morgan fingerprint density at radius 3 is 0.764 bits per heavy atom. The number of fused-ring (bicyclic) bond motifs is 4. The monoisotopic (exact) mass is 962 g/mol. The van der Waals surface area contributed by atoms with Crippen molar-refractivity contribution in [2.75, 3.05) is 28.4 Å². The van der Waals surface area contributed by atoms with Gasteiger partial charge in [0.1, 0.15) is 91.2 Å². The average molecular weight is 963 g/mol. The first-order chi connectivity index (χ1) is 35.1. The van der Waals surface area contributed by atoms with Crippen LogP contribution in [0.5, 0.6) is 69.0 Å². The second kappa shape index (κ2) is 19.8. The summed E-state index contributed by atoms with van der Waals surface area (Å²) in [6, 6.07) is 47.4. The zero-order valence-corrected chi connectivity index (χ0v) is 39.0. The van der Waals surface area contributed by atoms with Crippen LogP contribution in [-0.4, -0.2) is 52.3 Å². The molecule has 358 valence electrons. The molecule has 2 aliphatic heterocycles. The second-order valence-electron chi connectivity index (χ2n) is 16.3. The van der Waals surface area contributed by atoms with Crippen LogP contribution in [0.1, 0.15) is 75.5 Å². The van der Waals surface area contributed by atoms with E-state index in [-0.39, 0.29) is 45.3 Å². The summed E-state index contributed by atoms with van der Waals surface area (Å²) in [5.74, 6) is -0.312. The Morgan fingerprint density at radius 1 is 0.319 bits per heavy atom. The largest absolute Gasteiger partial charge is 0.496 e. The molecule has 2 aliphatic rings. The molecule has 8 aromatic carbocycles. The molecule has 0 unspecified atom stereocenters. The van der Waals surface area contributed by atoms with Gasteiger partial charge in [-0.1, -0.05) is 72.8 Å². The highest BCUT2D eigenvalue weighted by atomic mass is 16.6. The van der Waals surface area contributed by atoms with E-state index in [2.05, 4.69) is 0 Å². The SMILES string of the molecule is COc1ccccc1C(=O)Oc1ccc2c(c1)Oc1cc(OC(=O)c3ccccc3OC)ccc1C2C1c2ccc(OC(=O)c3ccccc3OC)cc2Oc2cc(OC(=O)c3ccccc3OC)ccc21. The summed E-state index contributed by atoms with van der Waals surface area (Å²) in [6.07, 6.45) is 0. The fourth-order valence-electron chi connectivity index (χ4n) is 8.89. The third-order valence-electron chi connectivity index (χ3n) is 12.2. The molecule has 0 spiro atoms. The van der Waals surface area contributed by atoms with Gasteiger partial charge in [0, 0.05) is 58.4 Å². The van der Waals surface area contributed by atoms with E-state index in [1.54, 1.807) is 146 Å². The summed E-state index contributed by atoms with van der Waals surface area (Å²) in [5.41, 5.74) is 3.67. The maximum atomic E-state index is 13.6. The van der Waals surface area contributed by atoms with Gasteiger partial charge in [-0.25, -0.2) is 19.2 Å². The Morgan fingerprint density at radius 2 is 0.542 bits per heavy atom. The fourth-order valence-corrected chi connectivity index (χ4v) is 8.89. The number of para-hydroxylation sites is 4. The molecule has 0 aromatic heterocycles. The Bertz CT molecular complexity index is 2990. The number of esters is 4. The normalized spacial score (nSPS) is 12.2. The van der Waals surface area contributed by atoms with Crippen molar-refractivity contribution < 1.29 is 66.5 Å². The summed E-state index contributed by atoms with van der Waals surface area (Å²) in [4.78, 5) is 54.3. The highest BCUT2D eigenvalue weighted by molar-refractivity contribution is 5.96. The smallest absolute Gasteiger partial charge is 0.347 e. The van der Waals surface area contributed by atoms with Crippen LogP contribution in [-0.2, 0) is 0 Å². The van der Waals surface area contributed by atoms with Crippen LogP contribution >= 0.6 is 0 Å². The van der Waals surface area contributed by atoms with Gasteiger partial charge < -0.3 is 47.4 Å². The van der Waals surface area contributed by atoms with E-state index in [9.17, 15) is 19.2 Å². The van der Waals surface area contributed by atoms with Gasteiger partial charge in [-0.3, -0.25) is 0 Å². The van der Waals surface area contributed by atoms with E-state index >= 15 is 0 Å². The van der Waals surface area contributed by atoms with E-state index in [4.69, 9.17) is 47.4 Å². The van der Waals surface area contributed by atoms with Crippen LogP contribution in [0.4, 0.5) is 0 Å². The Hall–Kier alpha value is -9.56. The summed E-state index contributed by atoms with van der Waals surface area (Å²) in [7, 11) is 5.87. The van der Waals surface area contributed by atoms with Crippen molar-refractivity contribution in [2.45, 2.75) is 11.8 Å². The molecule has 0 saturated heterocycles. The topological polar surface area (TPSA) is 161 Å². The standard InChI is InChI=1S/C58H42O14/c1-63-45-17-9-5-13-41(45)55(59)67-33-21-25-37-49(29-33)71-50-30-34(68-56(60)42-14-6-10-18-46(42)64-2)22-26-38(50)53(37)54-39-27-23-35(69-57(61)43-15-7-11-19-47(43)65-3)31-51(39)72-52-32-36(24-28-40(52)54)70-58(62)44-16-8-12-20-48(44)66-4/h5-32,53-54H,1-4H3. The van der Waals surface area contributed by atoms with Gasteiger partial charge >= 0.3 is 23.9 Å². The van der Waals surface area contributed by atoms with E-state index in [1.807, 2.05) is 24.3 Å². The maximum Gasteiger partial charge on any atom is 0.347 e. The molecule has 0 bridgehead atoms. The van der Waals surface area contributed by atoms with Crippen molar-refractivity contribution >= 4 is 23.9 Å². The van der Waals surface area contributed by atoms with E-state index in [1.165, 1.54) is 28.4 Å². The molecular weight excluding hydrogens is 921 g/mol. The van der Waals surface area contributed by atoms with Crippen molar-refractivity contribution in [3.63, 3.8) is 0 Å². The number of methoxy groups -OCH3 is 4. The van der Waals surface area contributed by atoms with Gasteiger partial charge in [-0.2, -0.15) is 0 Å². The minimum absolute atomic E-state index is 0.182. The molecule has 0 amide bonds. The molecular formula is C58H42O14. The third-order valence-corrected chi connectivity index (χ3v) is 12.2.